The van der Waals surface area contributed by atoms with Crippen LogP contribution in [0, 0.1) is 5.82 Å². The predicted octanol–water partition coefficient (Wildman–Crippen LogP) is 4.72. The van der Waals surface area contributed by atoms with Gasteiger partial charge in [-0.15, -0.1) is 11.6 Å². The molecule has 0 spiro atoms. The van der Waals surface area contributed by atoms with Gasteiger partial charge in [-0.1, -0.05) is 12.5 Å². The minimum absolute atomic E-state index is 0.0338. The Hall–Kier alpha value is -0.770. The minimum Gasteiger partial charge on any atom is -0.206 e. The molecule has 0 heterocycles. The molecule has 1 fully saturated rings. The normalized spacial score (nSPS) is 25.2. The highest BCUT2D eigenvalue weighted by Crippen LogP contribution is 2.40. The summed E-state index contributed by atoms with van der Waals surface area (Å²) in [6.45, 7) is 0. The molecule has 1 aromatic rings. The number of rotatable bonds is 1. The van der Waals surface area contributed by atoms with Crippen LogP contribution in [0.4, 0.5) is 17.6 Å². The molecule has 0 saturated heterocycles. The van der Waals surface area contributed by atoms with Gasteiger partial charge < -0.3 is 0 Å². The second-order valence-corrected chi connectivity index (χ2v) is 4.85. The standard InChI is InChI=1S/C12H11ClF4/c13-10-3-1-2-8(10)7-4-5-9(11(14)6-7)12(15,16)17/h4-6,8,10H,1-3H2. The van der Waals surface area contributed by atoms with E-state index in [2.05, 4.69) is 0 Å². The fourth-order valence-electron chi connectivity index (χ4n) is 2.28. The molecule has 1 aliphatic carbocycles. The lowest BCUT2D eigenvalue weighted by Crippen LogP contribution is -2.10. The van der Waals surface area contributed by atoms with Gasteiger partial charge in [0.05, 0.1) is 5.56 Å². The summed E-state index contributed by atoms with van der Waals surface area (Å²) in [5, 5.41) is -0.105. The quantitative estimate of drug-likeness (QED) is 0.510. The summed E-state index contributed by atoms with van der Waals surface area (Å²) in [4.78, 5) is 0. The highest BCUT2D eigenvalue weighted by molar-refractivity contribution is 6.21. The van der Waals surface area contributed by atoms with Crippen LogP contribution in [0.1, 0.15) is 36.3 Å². The lowest BCUT2D eigenvalue weighted by atomic mass is 9.96. The van der Waals surface area contributed by atoms with E-state index in [1.165, 1.54) is 6.07 Å². The van der Waals surface area contributed by atoms with Crippen LogP contribution in [0.5, 0.6) is 0 Å². The third kappa shape index (κ3) is 2.57. The van der Waals surface area contributed by atoms with Gasteiger partial charge in [-0.05, 0) is 30.5 Å². The van der Waals surface area contributed by atoms with Crippen LogP contribution in [-0.2, 0) is 6.18 Å². The average molecular weight is 267 g/mol. The van der Waals surface area contributed by atoms with E-state index in [0.717, 1.165) is 31.4 Å². The van der Waals surface area contributed by atoms with Gasteiger partial charge in [0.15, 0.2) is 0 Å². The van der Waals surface area contributed by atoms with Crippen molar-refractivity contribution in [1.82, 2.24) is 0 Å². The molecule has 1 aliphatic rings. The van der Waals surface area contributed by atoms with E-state index in [1.54, 1.807) is 0 Å². The second kappa shape index (κ2) is 4.48. The molecule has 2 rings (SSSR count). The average Bonchev–Trinajstić information content (AvgIpc) is 2.62. The Labute approximate surface area is 102 Å². The molecule has 0 aliphatic heterocycles. The third-order valence-corrected chi connectivity index (χ3v) is 3.68. The van der Waals surface area contributed by atoms with Gasteiger partial charge in [0, 0.05) is 11.3 Å². The molecule has 0 amide bonds. The van der Waals surface area contributed by atoms with Gasteiger partial charge in [-0.25, -0.2) is 4.39 Å². The first kappa shape index (κ1) is 12.7. The van der Waals surface area contributed by atoms with Crippen molar-refractivity contribution in [3.63, 3.8) is 0 Å². The fourth-order valence-corrected chi connectivity index (χ4v) is 2.71. The molecular weight excluding hydrogens is 256 g/mol. The maximum absolute atomic E-state index is 13.4. The number of halogens is 5. The molecule has 1 aromatic carbocycles. The smallest absolute Gasteiger partial charge is 0.206 e. The highest BCUT2D eigenvalue weighted by Gasteiger charge is 2.35. The third-order valence-electron chi connectivity index (χ3n) is 3.16. The zero-order valence-electron chi connectivity index (χ0n) is 8.90. The van der Waals surface area contributed by atoms with Gasteiger partial charge in [-0.3, -0.25) is 0 Å². The van der Waals surface area contributed by atoms with Crippen LogP contribution in [0.2, 0.25) is 0 Å². The van der Waals surface area contributed by atoms with Crippen LogP contribution >= 0.6 is 11.6 Å². The topological polar surface area (TPSA) is 0 Å². The van der Waals surface area contributed by atoms with Crippen molar-refractivity contribution < 1.29 is 17.6 Å². The van der Waals surface area contributed by atoms with Gasteiger partial charge in [0.2, 0.25) is 0 Å². The molecule has 17 heavy (non-hydrogen) atoms. The van der Waals surface area contributed by atoms with Gasteiger partial charge in [-0.2, -0.15) is 13.2 Å². The first-order chi connectivity index (χ1) is 7.89. The van der Waals surface area contributed by atoms with Crippen LogP contribution in [0.15, 0.2) is 18.2 Å². The molecule has 2 unspecified atom stereocenters. The summed E-state index contributed by atoms with van der Waals surface area (Å²) in [5.74, 6) is -1.25. The van der Waals surface area contributed by atoms with Crippen molar-refractivity contribution in [2.45, 2.75) is 36.7 Å². The van der Waals surface area contributed by atoms with Crippen molar-refractivity contribution >= 4 is 11.6 Å². The predicted molar refractivity (Wildman–Crippen MR) is 57.6 cm³/mol. The summed E-state index contributed by atoms with van der Waals surface area (Å²) in [5.41, 5.74) is -0.654. The molecular formula is C12H11ClF4. The second-order valence-electron chi connectivity index (χ2n) is 4.29. The zero-order chi connectivity index (χ0) is 12.6. The molecule has 0 radical (unpaired) electrons. The lowest BCUT2D eigenvalue weighted by Gasteiger charge is -2.16. The summed E-state index contributed by atoms with van der Waals surface area (Å²) in [6, 6.07) is 3.10. The van der Waals surface area contributed by atoms with Crippen molar-refractivity contribution in [1.29, 1.82) is 0 Å². The number of benzene rings is 1. The molecule has 0 aromatic heterocycles. The van der Waals surface area contributed by atoms with Crippen LogP contribution < -0.4 is 0 Å². The highest BCUT2D eigenvalue weighted by atomic mass is 35.5. The minimum atomic E-state index is -4.64. The zero-order valence-corrected chi connectivity index (χ0v) is 9.65. The van der Waals surface area contributed by atoms with Gasteiger partial charge in [0.25, 0.3) is 0 Å². The summed E-state index contributed by atoms with van der Waals surface area (Å²) >= 11 is 6.05. The summed E-state index contributed by atoms with van der Waals surface area (Å²) in [6.07, 6.45) is -2.08. The van der Waals surface area contributed by atoms with Crippen molar-refractivity contribution in [3.05, 3.63) is 35.1 Å². The molecule has 0 bridgehead atoms. The molecule has 5 heteroatoms. The molecule has 94 valence electrons. The van der Waals surface area contributed by atoms with Crippen LogP contribution in [-0.4, -0.2) is 5.38 Å². The monoisotopic (exact) mass is 266 g/mol. The first-order valence-electron chi connectivity index (χ1n) is 5.40. The van der Waals surface area contributed by atoms with Crippen molar-refractivity contribution in [2.24, 2.45) is 0 Å². The Morgan fingerprint density at radius 2 is 1.88 bits per heavy atom. The van der Waals surface area contributed by atoms with E-state index in [4.69, 9.17) is 11.6 Å². The SMILES string of the molecule is Fc1cc(C2CCCC2Cl)ccc1C(F)(F)F. The Morgan fingerprint density at radius 1 is 1.18 bits per heavy atom. The van der Waals surface area contributed by atoms with Crippen LogP contribution in [0.3, 0.4) is 0 Å². The Morgan fingerprint density at radius 3 is 2.35 bits per heavy atom. The van der Waals surface area contributed by atoms with Crippen molar-refractivity contribution in [2.75, 3.05) is 0 Å². The lowest BCUT2D eigenvalue weighted by molar-refractivity contribution is -0.140. The van der Waals surface area contributed by atoms with Crippen molar-refractivity contribution in [3.8, 4) is 0 Å². The molecule has 0 nitrogen and oxygen atoms in total. The Bertz CT molecular complexity index is 413. The summed E-state index contributed by atoms with van der Waals surface area (Å²) < 4.78 is 50.5. The Kier molecular flexibility index (Phi) is 3.34. The number of alkyl halides is 4. The maximum Gasteiger partial charge on any atom is 0.419 e. The number of hydrogen-bond acceptors (Lipinski definition) is 0. The van der Waals surface area contributed by atoms with E-state index < -0.39 is 17.6 Å². The maximum atomic E-state index is 13.4. The van der Waals surface area contributed by atoms with E-state index in [-0.39, 0.29) is 11.3 Å². The van der Waals surface area contributed by atoms with E-state index >= 15 is 0 Å². The van der Waals surface area contributed by atoms with Gasteiger partial charge >= 0.3 is 6.18 Å². The molecule has 0 N–H and O–H groups in total. The number of hydrogen-bond donors (Lipinski definition) is 0. The van der Waals surface area contributed by atoms with Gasteiger partial charge in [0.1, 0.15) is 5.82 Å². The molecule has 2 atom stereocenters. The van der Waals surface area contributed by atoms with E-state index in [1.807, 2.05) is 0 Å². The largest absolute Gasteiger partial charge is 0.419 e. The molecule has 1 saturated carbocycles. The fraction of sp³-hybridized carbons (Fsp3) is 0.500. The first-order valence-corrected chi connectivity index (χ1v) is 5.84. The summed E-state index contributed by atoms with van der Waals surface area (Å²) in [7, 11) is 0. The van der Waals surface area contributed by atoms with E-state index in [0.29, 0.717) is 5.56 Å². The van der Waals surface area contributed by atoms with Crippen LogP contribution in [0.25, 0.3) is 0 Å². The Balaban J connectivity index is 2.31. The van der Waals surface area contributed by atoms with E-state index in [9.17, 15) is 17.6 Å².